The molecular formula is C20H18N4O6. The van der Waals surface area contributed by atoms with Crippen LogP contribution in [0.1, 0.15) is 12.0 Å². The lowest BCUT2D eigenvalue weighted by Gasteiger charge is -2.10. The number of amides is 1. The van der Waals surface area contributed by atoms with Crippen LogP contribution in [0.4, 0.5) is 11.4 Å². The molecule has 3 aromatic rings. The summed E-state index contributed by atoms with van der Waals surface area (Å²) in [6.45, 7) is 1.02. The van der Waals surface area contributed by atoms with Crippen LogP contribution < -0.4 is 10.9 Å². The fourth-order valence-corrected chi connectivity index (χ4v) is 2.84. The van der Waals surface area contributed by atoms with Gasteiger partial charge in [0.05, 0.1) is 39.8 Å². The van der Waals surface area contributed by atoms with Gasteiger partial charge in [-0.15, -0.1) is 0 Å². The van der Waals surface area contributed by atoms with Gasteiger partial charge in [-0.1, -0.05) is 18.2 Å². The molecule has 154 valence electrons. The van der Waals surface area contributed by atoms with Crippen LogP contribution >= 0.6 is 0 Å². The Hall–Kier alpha value is -4.08. The monoisotopic (exact) mass is 410 g/mol. The van der Waals surface area contributed by atoms with Gasteiger partial charge in [-0.3, -0.25) is 29.1 Å². The van der Waals surface area contributed by atoms with Crippen molar-refractivity contribution in [3.05, 3.63) is 74.8 Å². The number of hydrogen-bond donors (Lipinski definition) is 1. The third-order valence-corrected chi connectivity index (χ3v) is 4.43. The summed E-state index contributed by atoms with van der Waals surface area (Å²) in [5.74, 6) is -1.29. The predicted octanol–water partition coefficient (Wildman–Crippen LogP) is 2.19. The van der Waals surface area contributed by atoms with E-state index in [9.17, 15) is 24.5 Å². The van der Waals surface area contributed by atoms with Gasteiger partial charge in [0.25, 0.3) is 17.2 Å². The Morgan fingerprint density at radius 3 is 2.73 bits per heavy atom. The first-order valence-electron chi connectivity index (χ1n) is 9.00. The zero-order chi connectivity index (χ0) is 21.7. The minimum atomic E-state index is -0.666. The minimum Gasteiger partial charge on any atom is -0.456 e. The van der Waals surface area contributed by atoms with E-state index in [1.165, 1.54) is 36.0 Å². The summed E-state index contributed by atoms with van der Waals surface area (Å²) in [7, 11) is 0. The third-order valence-electron chi connectivity index (χ3n) is 4.43. The van der Waals surface area contributed by atoms with Gasteiger partial charge in [0.1, 0.15) is 0 Å². The summed E-state index contributed by atoms with van der Waals surface area (Å²) in [5.41, 5.74) is 0.727. The first-order chi connectivity index (χ1) is 14.4. The number of ether oxygens (including phenoxy) is 1. The predicted molar refractivity (Wildman–Crippen MR) is 108 cm³/mol. The number of carbonyl (C=O) groups excluding carboxylic acids is 2. The van der Waals surface area contributed by atoms with Crippen LogP contribution in [0.5, 0.6) is 0 Å². The zero-order valence-corrected chi connectivity index (χ0v) is 16.0. The van der Waals surface area contributed by atoms with Crippen molar-refractivity contribution in [3.63, 3.8) is 0 Å². The van der Waals surface area contributed by atoms with Crippen molar-refractivity contribution in [1.29, 1.82) is 0 Å². The summed E-state index contributed by atoms with van der Waals surface area (Å²) in [5, 5.41) is 13.9. The summed E-state index contributed by atoms with van der Waals surface area (Å²) in [6, 6.07) is 11.2. The Bertz CT molecular complexity index is 1190. The number of nitrogens with one attached hydrogen (secondary N) is 1. The van der Waals surface area contributed by atoms with Crippen molar-refractivity contribution in [3.8, 4) is 0 Å². The molecule has 0 unspecified atom stereocenters. The lowest BCUT2D eigenvalue weighted by molar-refractivity contribution is -0.385. The van der Waals surface area contributed by atoms with Gasteiger partial charge in [-0.25, -0.2) is 4.98 Å². The zero-order valence-electron chi connectivity index (χ0n) is 16.0. The minimum absolute atomic E-state index is 0.0567. The quantitative estimate of drug-likeness (QED) is 0.358. The summed E-state index contributed by atoms with van der Waals surface area (Å²) in [4.78, 5) is 50.9. The van der Waals surface area contributed by atoms with E-state index in [0.29, 0.717) is 16.5 Å². The number of anilines is 1. The second kappa shape index (κ2) is 8.95. The summed E-state index contributed by atoms with van der Waals surface area (Å²) in [6.07, 6.45) is 1.23. The van der Waals surface area contributed by atoms with Crippen molar-refractivity contribution >= 4 is 34.2 Å². The van der Waals surface area contributed by atoms with Gasteiger partial charge in [0.2, 0.25) is 0 Å². The average molecular weight is 410 g/mol. The van der Waals surface area contributed by atoms with Gasteiger partial charge in [-0.2, -0.15) is 0 Å². The number of carbonyl (C=O) groups is 2. The molecule has 0 saturated heterocycles. The lowest BCUT2D eigenvalue weighted by Crippen LogP contribution is -2.24. The second-order valence-electron chi connectivity index (χ2n) is 6.43. The molecule has 0 fully saturated rings. The van der Waals surface area contributed by atoms with Crippen molar-refractivity contribution in [2.24, 2.45) is 0 Å². The Morgan fingerprint density at radius 1 is 1.20 bits per heavy atom. The van der Waals surface area contributed by atoms with Gasteiger partial charge in [0, 0.05) is 12.6 Å². The first-order valence-corrected chi connectivity index (χ1v) is 9.00. The van der Waals surface area contributed by atoms with Crippen LogP contribution in [0.25, 0.3) is 10.9 Å². The van der Waals surface area contributed by atoms with Gasteiger partial charge in [-0.05, 0) is 25.1 Å². The lowest BCUT2D eigenvalue weighted by atomic mass is 10.1. The van der Waals surface area contributed by atoms with Crippen LogP contribution in [-0.4, -0.2) is 33.0 Å². The number of fused-ring (bicyclic) bond motifs is 1. The maximum Gasteiger partial charge on any atom is 0.308 e. The number of rotatable bonds is 7. The smallest absolute Gasteiger partial charge is 0.308 e. The number of nitro benzene ring substituents is 1. The van der Waals surface area contributed by atoms with E-state index in [-0.39, 0.29) is 29.9 Å². The molecule has 1 N–H and O–H groups in total. The Kier molecular flexibility index (Phi) is 6.16. The topological polar surface area (TPSA) is 133 Å². The molecule has 1 heterocycles. The van der Waals surface area contributed by atoms with Crippen molar-refractivity contribution in [2.45, 2.75) is 19.9 Å². The van der Waals surface area contributed by atoms with Crippen LogP contribution in [0.15, 0.2) is 53.6 Å². The molecule has 0 aliphatic rings. The largest absolute Gasteiger partial charge is 0.456 e. The number of benzene rings is 2. The molecule has 0 bridgehead atoms. The molecule has 3 rings (SSSR count). The molecule has 10 heteroatoms. The molecule has 0 radical (unpaired) electrons. The Balaban J connectivity index is 1.53. The molecule has 1 amide bonds. The van der Waals surface area contributed by atoms with Gasteiger partial charge < -0.3 is 10.1 Å². The molecular weight excluding hydrogens is 392 g/mol. The second-order valence-corrected chi connectivity index (χ2v) is 6.43. The molecule has 0 atom stereocenters. The highest BCUT2D eigenvalue weighted by molar-refractivity contribution is 5.94. The number of para-hydroxylation sites is 1. The fourth-order valence-electron chi connectivity index (χ4n) is 2.84. The number of esters is 1. The third kappa shape index (κ3) is 4.66. The molecule has 0 saturated carbocycles. The Morgan fingerprint density at radius 2 is 1.97 bits per heavy atom. The molecule has 0 aliphatic carbocycles. The molecule has 2 aromatic carbocycles. The number of nitro groups is 1. The highest BCUT2D eigenvalue weighted by atomic mass is 16.6. The highest BCUT2D eigenvalue weighted by Gasteiger charge is 2.16. The van der Waals surface area contributed by atoms with E-state index in [2.05, 4.69) is 10.3 Å². The number of nitrogens with zero attached hydrogens (tertiary/aromatic N) is 3. The maximum atomic E-state index is 12.4. The van der Waals surface area contributed by atoms with E-state index in [0.717, 1.165) is 0 Å². The van der Waals surface area contributed by atoms with Crippen LogP contribution in [0, 0.1) is 17.0 Å². The number of hydrogen-bond acceptors (Lipinski definition) is 7. The summed E-state index contributed by atoms with van der Waals surface area (Å²) < 4.78 is 6.22. The van der Waals surface area contributed by atoms with E-state index in [1.54, 1.807) is 24.3 Å². The number of aryl methyl sites for hydroxylation is 1. The van der Waals surface area contributed by atoms with E-state index in [4.69, 9.17) is 4.74 Å². The van der Waals surface area contributed by atoms with E-state index >= 15 is 0 Å². The highest BCUT2D eigenvalue weighted by Crippen LogP contribution is 2.24. The SMILES string of the molecule is Cc1c(NC(=O)COC(=O)CCn2cnc3ccccc3c2=O)cccc1[N+](=O)[O-]. The summed E-state index contributed by atoms with van der Waals surface area (Å²) >= 11 is 0. The molecule has 1 aromatic heterocycles. The molecule has 0 aliphatic heterocycles. The molecule has 30 heavy (non-hydrogen) atoms. The average Bonchev–Trinajstić information content (AvgIpc) is 2.73. The van der Waals surface area contributed by atoms with Crippen LogP contribution in [-0.2, 0) is 20.9 Å². The normalized spacial score (nSPS) is 10.6. The van der Waals surface area contributed by atoms with Crippen molar-refractivity contribution < 1.29 is 19.2 Å². The van der Waals surface area contributed by atoms with Gasteiger partial charge >= 0.3 is 5.97 Å². The van der Waals surface area contributed by atoms with E-state index in [1.807, 2.05) is 0 Å². The van der Waals surface area contributed by atoms with Crippen LogP contribution in [0.2, 0.25) is 0 Å². The van der Waals surface area contributed by atoms with Gasteiger partial charge in [0.15, 0.2) is 6.61 Å². The van der Waals surface area contributed by atoms with Crippen LogP contribution in [0.3, 0.4) is 0 Å². The molecule has 10 nitrogen and oxygen atoms in total. The fraction of sp³-hybridized carbons (Fsp3) is 0.200. The number of aromatic nitrogens is 2. The Labute approximate surface area is 170 Å². The van der Waals surface area contributed by atoms with E-state index < -0.39 is 23.4 Å². The molecule has 0 spiro atoms. The maximum absolute atomic E-state index is 12.4. The standard InChI is InChI=1S/C20H18N4O6/c1-13-15(7-4-8-17(13)24(28)29)22-18(25)11-30-19(26)9-10-23-12-21-16-6-3-2-5-14(16)20(23)27/h2-8,12H,9-11H2,1H3,(H,22,25). The van der Waals surface area contributed by atoms with Crippen molar-refractivity contribution in [2.75, 3.05) is 11.9 Å². The van der Waals surface area contributed by atoms with Crippen molar-refractivity contribution in [1.82, 2.24) is 9.55 Å². The first kappa shape index (κ1) is 20.6.